The molecule has 2 atom stereocenters. The number of anilines is 2. The molecule has 4 aromatic rings. The van der Waals surface area contributed by atoms with Gasteiger partial charge in [0.1, 0.15) is 11.7 Å². The number of hydrogen-bond acceptors (Lipinski definition) is 7. The molecule has 7 nitrogen and oxygen atoms in total. The molecule has 0 aliphatic carbocycles. The van der Waals surface area contributed by atoms with E-state index in [1.807, 2.05) is 17.6 Å². The Morgan fingerprint density at radius 2 is 1.76 bits per heavy atom. The van der Waals surface area contributed by atoms with Gasteiger partial charge in [0.25, 0.3) is 0 Å². The highest BCUT2D eigenvalue weighted by Crippen LogP contribution is 2.32. The average Bonchev–Trinajstić information content (AvgIpc) is 3.40. The van der Waals surface area contributed by atoms with E-state index in [1.54, 1.807) is 18.7 Å². The molecule has 0 radical (unpaired) electrons. The Morgan fingerprint density at radius 3 is 2.42 bits per heavy atom. The van der Waals surface area contributed by atoms with E-state index < -0.39 is 18.0 Å². The van der Waals surface area contributed by atoms with Crippen molar-refractivity contribution >= 4 is 33.2 Å². The number of fused-ring (bicyclic) bond motifs is 1. The first-order valence-corrected chi connectivity index (χ1v) is 11.1. The third-order valence-electron chi connectivity index (χ3n) is 5.14. The van der Waals surface area contributed by atoms with Crippen LogP contribution in [0.15, 0.2) is 49.1 Å². The van der Waals surface area contributed by atoms with E-state index in [0.717, 1.165) is 28.0 Å². The number of imidazole rings is 1. The molecule has 0 saturated heterocycles. The summed E-state index contributed by atoms with van der Waals surface area (Å²) in [4.78, 5) is 13.8. The number of aliphatic hydroxyl groups excluding tert-OH is 1. The van der Waals surface area contributed by atoms with Crippen molar-refractivity contribution in [2.24, 2.45) is 0 Å². The molecule has 0 spiro atoms. The van der Waals surface area contributed by atoms with Crippen LogP contribution in [-0.4, -0.2) is 24.6 Å². The van der Waals surface area contributed by atoms with Crippen LogP contribution in [0.5, 0.6) is 0 Å². The second kappa shape index (κ2) is 9.08. The van der Waals surface area contributed by atoms with Gasteiger partial charge in [-0.05, 0) is 51.1 Å². The average molecular weight is 477 g/mol. The maximum absolute atomic E-state index is 12.7. The predicted molar refractivity (Wildman–Crippen MR) is 121 cm³/mol. The molecule has 174 valence electrons. The lowest BCUT2D eigenvalue weighted by Gasteiger charge is -2.18. The zero-order valence-electron chi connectivity index (χ0n) is 18.1. The molecule has 1 aromatic carbocycles. The summed E-state index contributed by atoms with van der Waals surface area (Å²) in [5.74, 6) is 0. The number of aromatic nitrogens is 4. The third kappa shape index (κ3) is 5.15. The van der Waals surface area contributed by atoms with E-state index in [2.05, 4.69) is 39.4 Å². The summed E-state index contributed by atoms with van der Waals surface area (Å²) in [5, 5.41) is 17.3. The molecule has 33 heavy (non-hydrogen) atoms. The summed E-state index contributed by atoms with van der Waals surface area (Å²) in [6.07, 6.45) is -0.327. The van der Waals surface area contributed by atoms with Crippen molar-refractivity contribution in [1.29, 1.82) is 0 Å². The SMILES string of the molecule is CC(NC(O)c1cc2c(cn1)ncn2C(C)C)c1cnc(Nc2ccc(C(F)(F)F)cc2)s1. The van der Waals surface area contributed by atoms with Crippen LogP contribution in [0.4, 0.5) is 24.0 Å². The molecule has 2 unspecified atom stereocenters. The van der Waals surface area contributed by atoms with Crippen molar-refractivity contribution in [3.8, 4) is 0 Å². The lowest BCUT2D eigenvalue weighted by atomic mass is 10.2. The smallest absolute Gasteiger partial charge is 0.373 e. The number of halogens is 3. The normalized spacial score (nSPS) is 14.1. The van der Waals surface area contributed by atoms with Crippen molar-refractivity contribution in [2.45, 2.75) is 45.3 Å². The highest BCUT2D eigenvalue weighted by molar-refractivity contribution is 7.15. The maximum Gasteiger partial charge on any atom is 0.416 e. The summed E-state index contributed by atoms with van der Waals surface area (Å²) in [7, 11) is 0. The van der Waals surface area contributed by atoms with Crippen LogP contribution in [-0.2, 0) is 6.18 Å². The fourth-order valence-corrected chi connectivity index (χ4v) is 4.17. The minimum atomic E-state index is -4.37. The molecule has 0 fully saturated rings. The molecule has 0 saturated carbocycles. The highest BCUT2D eigenvalue weighted by Gasteiger charge is 2.30. The topological polar surface area (TPSA) is 87.9 Å². The van der Waals surface area contributed by atoms with E-state index in [0.29, 0.717) is 16.5 Å². The number of alkyl halides is 3. The Morgan fingerprint density at radius 1 is 1.03 bits per heavy atom. The van der Waals surface area contributed by atoms with Gasteiger partial charge in [-0.2, -0.15) is 13.2 Å². The van der Waals surface area contributed by atoms with Gasteiger partial charge < -0.3 is 15.0 Å². The summed E-state index contributed by atoms with van der Waals surface area (Å²) in [5.41, 5.74) is 1.93. The monoisotopic (exact) mass is 476 g/mol. The molecule has 11 heteroatoms. The van der Waals surface area contributed by atoms with Gasteiger partial charge in [-0.25, -0.2) is 9.97 Å². The Hall–Kier alpha value is -3.02. The van der Waals surface area contributed by atoms with E-state index in [1.165, 1.54) is 23.5 Å². The van der Waals surface area contributed by atoms with Gasteiger partial charge >= 0.3 is 6.18 Å². The van der Waals surface area contributed by atoms with Crippen LogP contribution in [0.1, 0.15) is 55.2 Å². The third-order valence-corrected chi connectivity index (χ3v) is 6.24. The summed E-state index contributed by atoms with van der Waals surface area (Å²) >= 11 is 1.34. The summed E-state index contributed by atoms with van der Waals surface area (Å²) in [6.45, 7) is 5.99. The van der Waals surface area contributed by atoms with Crippen molar-refractivity contribution in [1.82, 2.24) is 24.8 Å². The Bertz CT molecular complexity index is 1240. The fraction of sp³-hybridized carbons (Fsp3) is 0.318. The van der Waals surface area contributed by atoms with Crippen LogP contribution in [0, 0.1) is 0 Å². The number of rotatable bonds is 7. The first-order valence-electron chi connectivity index (χ1n) is 10.3. The Labute approximate surface area is 192 Å². The van der Waals surface area contributed by atoms with Crippen LogP contribution in [0.2, 0.25) is 0 Å². The lowest BCUT2D eigenvalue weighted by molar-refractivity contribution is -0.137. The van der Waals surface area contributed by atoms with E-state index in [-0.39, 0.29) is 12.1 Å². The minimum absolute atomic E-state index is 0.224. The second-order valence-electron chi connectivity index (χ2n) is 7.90. The molecule has 3 N–H and O–H groups in total. The molecule has 3 heterocycles. The molecule has 0 aliphatic heterocycles. The number of benzene rings is 1. The Kier molecular flexibility index (Phi) is 6.37. The zero-order valence-corrected chi connectivity index (χ0v) is 18.9. The zero-order chi connectivity index (χ0) is 23.8. The molecule has 0 aliphatic rings. The molecule has 3 aromatic heterocycles. The number of nitrogens with one attached hydrogen (secondary N) is 2. The van der Waals surface area contributed by atoms with E-state index >= 15 is 0 Å². The number of nitrogens with zero attached hydrogens (tertiary/aromatic N) is 4. The molecule has 0 amide bonds. The second-order valence-corrected chi connectivity index (χ2v) is 8.96. The largest absolute Gasteiger partial charge is 0.416 e. The fourth-order valence-electron chi connectivity index (χ4n) is 3.32. The first-order chi connectivity index (χ1) is 15.6. The molecule has 4 rings (SSSR count). The van der Waals surface area contributed by atoms with Crippen molar-refractivity contribution < 1.29 is 18.3 Å². The van der Waals surface area contributed by atoms with Crippen LogP contribution in [0.25, 0.3) is 11.0 Å². The van der Waals surface area contributed by atoms with Gasteiger partial charge in [-0.15, -0.1) is 11.3 Å². The lowest BCUT2D eigenvalue weighted by Crippen LogP contribution is -2.24. The number of hydrogen-bond donors (Lipinski definition) is 3. The van der Waals surface area contributed by atoms with Crippen LogP contribution in [0.3, 0.4) is 0 Å². The van der Waals surface area contributed by atoms with Crippen molar-refractivity contribution in [2.75, 3.05) is 5.32 Å². The van der Waals surface area contributed by atoms with E-state index in [4.69, 9.17) is 0 Å². The standard InChI is InChI=1S/C22H23F3N6OS/c1-12(2)31-11-28-17-9-26-16(8-18(17)31)20(32)29-13(3)19-10-27-21(33-19)30-15-6-4-14(5-7-15)22(23,24)25/h4-13,20,29,32H,1-3H3,(H,27,30). The molecular formula is C22H23F3N6OS. The van der Waals surface area contributed by atoms with Crippen molar-refractivity contribution in [3.63, 3.8) is 0 Å². The van der Waals surface area contributed by atoms with Gasteiger partial charge in [0.2, 0.25) is 0 Å². The predicted octanol–water partition coefficient (Wildman–Crippen LogP) is 5.57. The van der Waals surface area contributed by atoms with Gasteiger partial charge in [-0.3, -0.25) is 10.3 Å². The van der Waals surface area contributed by atoms with E-state index in [9.17, 15) is 18.3 Å². The highest BCUT2D eigenvalue weighted by atomic mass is 32.1. The van der Waals surface area contributed by atoms with Crippen molar-refractivity contribution in [3.05, 3.63) is 65.2 Å². The minimum Gasteiger partial charge on any atom is -0.373 e. The van der Waals surface area contributed by atoms with Gasteiger partial charge in [0.05, 0.1) is 29.3 Å². The number of thiazole rings is 1. The Balaban J connectivity index is 1.42. The van der Waals surface area contributed by atoms with Gasteiger partial charge in [-0.1, -0.05) is 0 Å². The molecular weight excluding hydrogens is 453 g/mol. The first kappa shape index (κ1) is 23.1. The van der Waals surface area contributed by atoms with Crippen LogP contribution < -0.4 is 10.6 Å². The quantitative estimate of drug-likeness (QED) is 0.302. The maximum atomic E-state index is 12.7. The number of aliphatic hydroxyl groups is 1. The van der Waals surface area contributed by atoms with Crippen LogP contribution >= 0.6 is 11.3 Å². The summed E-state index contributed by atoms with van der Waals surface area (Å²) < 4.78 is 40.2. The number of pyridine rings is 1. The van der Waals surface area contributed by atoms with Gasteiger partial charge in [0.15, 0.2) is 5.13 Å². The molecule has 0 bridgehead atoms. The van der Waals surface area contributed by atoms with Gasteiger partial charge in [0, 0.05) is 28.8 Å². The summed E-state index contributed by atoms with van der Waals surface area (Å²) in [6, 6.07) is 6.56.